The van der Waals surface area contributed by atoms with Crippen molar-refractivity contribution in [2.75, 3.05) is 0 Å². The summed E-state index contributed by atoms with van der Waals surface area (Å²) < 4.78 is 0. The summed E-state index contributed by atoms with van der Waals surface area (Å²) in [7, 11) is 0. The zero-order chi connectivity index (χ0) is 14.2. The van der Waals surface area contributed by atoms with Gasteiger partial charge in [-0.25, -0.2) is 0 Å². The normalized spacial score (nSPS) is 11.1. The van der Waals surface area contributed by atoms with Crippen LogP contribution in [0.15, 0.2) is 72.8 Å². The van der Waals surface area contributed by atoms with E-state index in [0.29, 0.717) is 0 Å². The van der Waals surface area contributed by atoms with E-state index >= 15 is 0 Å². The van der Waals surface area contributed by atoms with Crippen LogP contribution in [0.5, 0.6) is 0 Å². The van der Waals surface area contributed by atoms with Crippen LogP contribution in [0, 0.1) is 13.0 Å². The molecule has 0 aliphatic carbocycles. The molecule has 0 heterocycles. The summed E-state index contributed by atoms with van der Waals surface area (Å²) in [5.41, 5.74) is 3.75. The molecule has 0 heteroatoms. The Balaban J connectivity index is 2.06. The van der Waals surface area contributed by atoms with Gasteiger partial charge in [0.2, 0.25) is 0 Å². The van der Waals surface area contributed by atoms with E-state index in [2.05, 4.69) is 85.8 Å². The van der Waals surface area contributed by atoms with Gasteiger partial charge in [0.05, 0.1) is 0 Å². The Morgan fingerprint density at radius 1 is 0.667 bits per heavy atom. The van der Waals surface area contributed by atoms with Gasteiger partial charge >= 0.3 is 0 Å². The number of hydrogen-bond donors (Lipinski definition) is 0. The van der Waals surface area contributed by atoms with E-state index < -0.39 is 0 Å². The quantitative estimate of drug-likeness (QED) is 0.411. The van der Waals surface area contributed by atoms with E-state index in [9.17, 15) is 0 Å². The van der Waals surface area contributed by atoms with E-state index in [-0.39, 0.29) is 0 Å². The topological polar surface area (TPSA) is 0 Å². The van der Waals surface area contributed by atoms with Crippen molar-refractivity contribution in [2.24, 2.45) is 0 Å². The Labute approximate surface area is 124 Å². The Morgan fingerprint density at radius 3 is 2.29 bits per heavy atom. The van der Waals surface area contributed by atoms with Crippen molar-refractivity contribution in [2.45, 2.75) is 6.92 Å². The molecule has 99 valence electrons. The molecule has 0 unspecified atom stereocenters. The minimum atomic E-state index is 1.18. The first-order valence-corrected chi connectivity index (χ1v) is 7.23. The zero-order valence-corrected chi connectivity index (χ0v) is 11.9. The molecule has 0 saturated heterocycles. The van der Waals surface area contributed by atoms with Gasteiger partial charge in [0.1, 0.15) is 0 Å². The van der Waals surface area contributed by atoms with Gasteiger partial charge in [-0.15, -0.1) is 0 Å². The van der Waals surface area contributed by atoms with Crippen LogP contribution in [-0.2, 0) is 0 Å². The van der Waals surface area contributed by atoms with Crippen LogP contribution in [0.25, 0.3) is 32.7 Å². The van der Waals surface area contributed by atoms with Gasteiger partial charge in [-0.3, -0.25) is 0 Å². The summed E-state index contributed by atoms with van der Waals surface area (Å²) in [5, 5.41) is 5.00. The molecule has 0 amide bonds. The molecule has 0 atom stereocenters. The molecule has 0 spiro atoms. The molecule has 0 aliphatic rings. The van der Waals surface area contributed by atoms with Crippen LogP contribution in [0.3, 0.4) is 0 Å². The predicted molar refractivity (Wildman–Crippen MR) is 90.5 cm³/mol. The highest BCUT2D eigenvalue weighted by Gasteiger charge is 2.07. The maximum Gasteiger partial charge on any atom is -0.00608 e. The summed E-state index contributed by atoms with van der Waals surface area (Å²) in [6.45, 7) is 2.14. The molecule has 0 fully saturated rings. The van der Waals surface area contributed by atoms with Crippen molar-refractivity contribution >= 4 is 21.5 Å². The molecule has 0 N–H and O–H groups in total. The Morgan fingerprint density at radius 2 is 1.38 bits per heavy atom. The molecule has 4 aromatic rings. The maximum atomic E-state index is 3.52. The highest BCUT2D eigenvalue weighted by atomic mass is 14.1. The van der Waals surface area contributed by atoms with E-state index in [1.54, 1.807) is 0 Å². The number of rotatable bonds is 1. The Bertz CT molecular complexity index is 943. The second kappa shape index (κ2) is 4.75. The maximum absolute atomic E-state index is 3.52. The first-order valence-electron chi connectivity index (χ1n) is 7.23. The minimum absolute atomic E-state index is 1.18. The van der Waals surface area contributed by atoms with Gasteiger partial charge in [0.15, 0.2) is 0 Å². The third-order valence-corrected chi connectivity index (χ3v) is 4.07. The summed E-state index contributed by atoms with van der Waals surface area (Å²) >= 11 is 0. The largest absolute Gasteiger partial charge is 0.0616 e. The van der Waals surface area contributed by atoms with Crippen LogP contribution >= 0.6 is 0 Å². The number of hydrogen-bond acceptors (Lipinski definition) is 0. The third-order valence-electron chi connectivity index (χ3n) is 4.07. The molecular weight excluding hydrogens is 252 g/mol. The zero-order valence-electron chi connectivity index (χ0n) is 11.9. The monoisotopic (exact) mass is 267 g/mol. The van der Waals surface area contributed by atoms with Crippen molar-refractivity contribution in [1.82, 2.24) is 0 Å². The van der Waals surface area contributed by atoms with Crippen LogP contribution < -0.4 is 0 Å². The fourth-order valence-corrected chi connectivity index (χ4v) is 3.01. The Kier molecular flexibility index (Phi) is 2.75. The lowest BCUT2D eigenvalue weighted by Gasteiger charge is -2.11. The Hall–Kier alpha value is -2.60. The standard InChI is InChI=1S/C21H15/c1-15-13-17-8-2-3-9-18(17)14-21(15)20-12-6-10-16-7-4-5-11-19(16)20/h2-12,14H,1H3. The molecule has 4 aromatic carbocycles. The summed E-state index contributed by atoms with van der Waals surface area (Å²) in [6, 6.07) is 29.3. The lowest BCUT2D eigenvalue weighted by molar-refractivity contribution is 1.48. The van der Waals surface area contributed by atoms with E-state index in [1.807, 2.05) is 0 Å². The van der Waals surface area contributed by atoms with E-state index in [1.165, 1.54) is 38.2 Å². The molecular formula is C21H15. The van der Waals surface area contributed by atoms with Gasteiger partial charge in [-0.05, 0) is 57.3 Å². The molecule has 0 saturated carbocycles. The van der Waals surface area contributed by atoms with Crippen LogP contribution in [0.1, 0.15) is 5.56 Å². The van der Waals surface area contributed by atoms with Gasteiger partial charge in [-0.2, -0.15) is 0 Å². The summed E-state index contributed by atoms with van der Waals surface area (Å²) in [5.74, 6) is 0. The molecule has 0 aliphatic heterocycles. The predicted octanol–water partition coefficient (Wildman–Crippen LogP) is 5.77. The molecule has 0 bridgehead atoms. The second-order valence-electron chi connectivity index (χ2n) is 5.42. The van der Waals surface area contributed by atoms with Crippen molar-refractivity contribution in [3.8, 4) is 11.1 Å². The molecule has 21 heavy (non-hydrogen) atoms. The fourth-order valence-electron chi connectivity index (χ4n) is 3.01. The summed E-state index contributed by atoms with van der Waals surface area (Å²) in [6.07, 6.45) is 0. The molecule has 0 nitrogen and oxygen atoms in total. The second-order valence-corrected chi connectivity index (χ2v) is 5.42. The highest BCUT2D eigenvalue weighted by Crippen LogP contribution is 2.33. The molecule has 1 radical (unpaired) electrons. The van der Waals surface area contributed by atoms with Crippen LogP contribution in [0.4, 0.5) is 0 Å². The lowest BCUT2D eigenvalue weighted by Crippen LogP contribution is -1.87. The van der Waals surface area contributed by atoms with Crippen molar-refractivity contribution in [1.29, 1.82) is 0 Å². The van der Waals surface area contributed by atoms with E-state index in [0.717, 1.165) is 0 Å². The van der Waals surface area contributed by atoms with E-state index in [4.69, 9.17) is 0 Å². The first kappa shape index (κ1) is 12.2. The molecule has 4 rings (SSSR count). The minimum Gasteiger partial charge on any atom is -0.0616 e. The highest BCUT2D eigenvalue weighted by molar-refractivity contribution is 5.99. The van der Waals surface area contributed by atoms with Gasteiger partial charge < -0.3 is 0 Å². The van der Waals surface area contributed by atoms with Crippen molar-refractivity contribution in [3.63, 3.8) is 0 Å². The number of fused-ring (bicyclic) bond motifs is 2. The van der Waals surface area contributed by atoms with Crippen molar-refractivity contribution < 1.29 is 0 Å². The average molecular weight is 267 g/mol. The smallest absolute Gasteiger partial charge is 0.00608 e. The lowest BCUT2D eigenvalue weighted by atomic mass is 9.93. The third kappa shape index (κ3) is 2.00. The fraction of sp³-hybridized carbons (Fsp3) is 0.0476. The van der Waals surface area contributed by atoms with Gasteiger partial charge in [0.25, 0.3) is 0 Å². The average Bonchev–Trinajstić information content (AvgIpc) is 2.54. The summed E-state index contributed by atoms with van der Waals surface area (Å²) in [4.78, 5) is 0. The van der Waals surface area contributed by atoms with Gasteiger partial charge in [-0.1, -0.05) is 66.7 Å². The SMILES string of the molecule is Cc1[c]c2ccccc2cc1-c1cccc2ccccc12. The van der Waals surface area contributed by atoms with Crippen LogP contribution in [0.2, 0.25) is 0 Å². The van der Waals surface area contributed by atoms with Gasteiger partial charge in [0, 0.05) is 0 Å². The number of benzene rings is 4. The first-order chi connectivity index (χ1) is 10.3. The van der Waals surface area contributed by atoms with Crippen molar-refractivity contribution in [3.05, 3.63) is 84.4 Å². The molecule has 0 aromatic heterocycles. The number of aryl methyl sites for hydroxylation is 1. The van der Waals surface area contributed by atoms with Crippen LogP contribution in [-0.4, -0.2) is 0 Å².